The van der Waals surface area contributed by atoms with Crippen LogP contribution in [0.5, 0.6) is 0 Å². The lowest BCUT2D eigenvalue weighted by Crippen LogP contribution is -1.91. The molecule has 66 valence electrons. The second kappa shape index (κ2) is 4.54. The fraction of sp³-hybridized carbons (Fsp3) is 0.125. The first kappa shape index (κ1) is 9.64. The maximum absolute atomic E-state index is 11.0. The fourth-order valence-corrected chi connectivity index (χ4v) is 1.24. The first-order valence-corrected chi connectivity index (χ1v) is 4.74. The van der Waals surface area contributed by atoms with E-state index in [1.807, 2.05) is 18.4 Å². The number of rotatable bonds is 2. The van der Waals surface area contributed by atoms with Gasteiger partial charge in [0.2, 0.25) is 5.91 Å². The zero-order valence-electron chi connectivity index (χ0n) is 6.97. The van der Waals surface area contributed by atoms with Gasteiger partial charge in [-0.15, -0.1) is 11.8 Å². The molecule has 0 atom stereocenters. The number of hydrogen-bond acceptors (Lipinski definition) is 2. The van der Waals surface area contributed by atoms with Crippen molar-refractivity contribution in [3.05, 3.63) is 40.3 Å². The van der Waals surface area contributed by atoms with Crippen LogP contribution in [0.4, 0.5) is 0 Å². The minimum absolute atomic E-state index is 0.413. The number of carbonyl (C=O) groups is 1. The van der Waals surface area contributed by atoms with Gasteiger partial charge in [0.15, 0.2) is 0 Å². The average molecular weight is 193 g/mol. The quantitative estimate of drug-likeness (QED) is 0.313. The molecule has 0 saturated heterocycles. The molecule has 0 heterocycles. The van der Waals surface area contributed by atoms with E-state index in [9.17, 15) is 4.79 Å². The zero-order valence-corrected chi connectivity index (χ0v) is 7.78. The molecular formula is C8H7N3OS. The van der Waals surface area contributed by atoms with Gasteiger partial charge in [-0.1, -0.05) is 12.1 Å². The highest BCUT2D eigenvalue weighted by Crippen LogP contribution is 2.15. The summed E-state index contributed by atoms with van der Waals surface area (Å²) in [6, 6.07) is 6.90. The van der Waals surface area contributed by atoms with Crippen LogP contribution < -0.4 is 0 Å². The number of nitrogens with zero attached hydrogens (tertiary/aromatic N) is 3. The molecule has 0 radical (unpaired) electrons. The standard InChI is InChI=1S/C8H7N3OS/c1-13-7-4-2-6(3-5-7)8(12)10-11-9/h2-5H,1H3. The van der Waals surface area contributed by atoms with E-state index >= 15 is 0 Å². The first-order chi connectivity index (χ1) is 6.27. The van der Waals surface area contributed by atoms with E-state index in [0.29, 0.717) is 5.56 Å². The zero-order chi connectivity index (χ0) is 9.68. The molecule has 0 unspecified atom stereocenters. The number of hydrogen-bond donors (Lipinski definition) is 0. The van der Waals surface area contributed by atoms with Gasteiger partial charge >= 0.3 is 0 Å². The number of thioether (sulfide) groups is 1. The van der Waals surface area contributed by atoms with Crippen LogP contribution in [0.3, 0.4) is 0 Å². The van der Waals surface area contributed by atoms with Crippen molar-refractivity contribution in [2.24, 2.45) is 5.11 Å². The second-order valence-corrected chi connectivity index (χ2v) is 3.10. The van der Waals surface area contributed by atoms with Crippen LogP contribution in [0, 0.1) is 0 Å². The van der Waals surface area contributed by atoms with E-state index in [4.69, 9.17) is 5.53 Å². The van der Waals surface area contributed by atoms with Crippen molar-refractivity contribution in [1.29, 1.82) is 0 Å². The lowest BCUT2D eigenvalue weighted by molar-refractivity contribution is 0.100. The van der Waals surface area contributed by atoms with E-state index in [0.717, 1.165) is 4.90 Å². The van der Waals surface area contributed by atoms with E-state index < -0.39 is 5.91 Å². The maximum atomic E-state index is 11.0. The van der Waals surface area contributed by atoms with E-state index in [-0.39, 0.29) is 0 Å². The predicted molar refractivity (Wildman–Crippen MR) is 51.7 cm³/mol. The molecule has 0 aromatic heterocycles. The van der Waals surface area contributed by atoms with Gasteiger partial charge in [-0.3, -0.25) is 4.79 Å². The van der Waals surface area contributed by atoms with Crippen molar-refractivity contribution in [2.75, 3.05) is 6.26 Å². The molecule has 0 fully saturated rings. The highest BCUT2D eigenvalue weighted by Gasteiger charge is 2.01. The van der Waals surface area contributed by atoms with Gasteiger partial charge < -0.3 is 0 Å². The van der Waals surface area contributed by atoms with Crippen LogP contribution in [-0.4, -0.2) is 12.2 Å². The van der Waals surface area contributed by atoms with Crippen molar-refractivity contribution in [3.8, 4) is 0 Å². The minimum Gasteiger partial charge on any atom is -0.287 e. The summed E-state index contributed by atoms with van der Waals surface area (Å²) in [7, 11) is 0. The normalized spacial score (nSPS) is 9.00. The number of amides is 1. The lowest BCUT2D eigenvalue weighted by atomic mass is 10.2. The van der Waals surface area contributed by atoms with E-state index in [2.05, 4.69) is 10.0 Å². The molecule has 0 saturated carbocycles. The van der Waals surface area contributed by atoms with Crippen LogP contribution in [0.2, 0.25) is 0 Å². The third-order valence-corrected chi connectivity index (χ3v) is 2.22. The number of carbonyl (C=O) groups excluding carboxylic acids is 1. The van der Waals surface area contributed by atoms with E-state index in [1.54, 1.807) is 23.9 Å². The number of azide groups is 1. The van der Waals surface area contributed by atoms with E-state index in [1.165, 1.54) is 0 Å². The van der Waals surface area contributed by atoms with Crippen molar-refractivity contribution >= 4 is 17.7 Å². The first-order valence-electron chi connectivity index (χ1n) is 3.51. The molecule has 0 bridgehead atoms. The predicted octanol–water partition coefficient (Wildman–Crippen LogP) is 2.86. The van der Waals surface area contributed by atoms with Crippen LogP contribution in [0.25, 0.3) is 10.4 Å². The fourth-order valence-electron chi connectivity index (χ4n) is 0.832. The third-order valence-electron chi connectivity index (χ3n) is 1.47. The van der Waals surface area contributed by atoms with Crippen molar-refractivity contribution < 1.29 is 4.79 Å². The van der Waals surface area contributed by atoms with Gasteiger partial charge in [-0.25, -0.2) is 0 Å². The van der Waals surface area contributed by atoms with Crippen molar-refractivity contribution in [2.45, 2.75) is 4.90 Å². The van der Waals surface area contributed by atoms with Gasteiger partial charge in [0, 0.05) is 15.4 Å². The Kier molecular flexibility index (Phi) is 3.37. The average Bonchev–Trinajstić information content (AvgIpc) is 2.18. The molecule has 0 aliphatic heterocycles. The Bertz CT molecular complexity index is 354. The van der Waals surface area contributed by atoms with Crippen LogP contribution >= 0.6 is 11.8 Å². The molecule has 5 heteroatoms. The monoisotopic (exact) mass is 193 g/mol. The Labute approximate surface area is 79.6 Å². The summed E-state index contributed by atoms with van der Waals surface area (Å²) in [4.78, 5) is 14.5. The molecule has 0 spiro atoms. The highest BCUT2D eigenvalue weighted by molar-refractivity contribution is 7.98. The van der Waals surface area contributed by atoms with Crippen LogP contribution in [0.15, 0.2) is 34.3 Å². The topological polar surface area (TPSA) is 65.8 Å². The molecule has 0 aliphatic carbocycles. The Balaban J connectivity index is 2.92. The van der Waals surface area contributed by atoms with Crippen molar-refractivity contribution in [1.82, 2.24) is 0 Å². The highest BCUT2D eigenvalue weighted by atomic mass is 32.2. The smallest absolute Gasteiger partial charge is 0.249 e. The summed E-state index contributed by atoms with van der Waals surface area (Å²) >= 11 is 1.59. The minimum atomic E-state index is -0.546. The largest absolute Gasteiger partial charge is 0.287 e. The van der Waals surface area contributed by atoms with Crippen LogP contribution in [0.1, 0.15) is 10.4 Å². The van der Waals surface area contributed by atoms with Gasteiger partial charge in [0.05, 0.1) is 0 Å². The summed E-state index contributed by atoms with van der Waals surface area (Å²) in [5.74, 6) is -0.546. The second-order valence-electron chi connectivity index (χ2n) is 2.22. The van der Waals surface area contributed by atoms with Gasteiger partial charge in [0.1, 0.15) is 0 Å². The molecular weight excluding hydrogens is 186 g/mol. The molecule has 4 nitrogen and oxygen atoms in total. The molecule has 1 rings (SSSR count). The number of benzene rings is 1. The Morgan fingerprint density at radius 3 is 2.54 bits per heavy atom. The van der Waals surface area contributed by atoms with Gasteiger partial charge in [-0.05, 0) is 29.0 Å². The summed E-state index contributed by atoms with van der Waals surface area (Å²) in [6.07, 6.45) is 1.95. The molecule has 0 N–H and O–H groups in total. The third kappa shape index (κ3) is 2.50. The molecule has 1 amide bonds. The summed E-state index contributed by atoms with van der Waals surface area (Å²) in [5.41, 5.74) is 8.44. The Hall–Kier alpha value is -1.45. The summed E-state index contributed by atoms with van der Waals surface area (Å²) in [5, 5.41) is 2.99. The van der Waals surface area contributed by atoms with Gasteiger partial charge in [-0.2, -0.15) is 0 Å². The summed E-state index contributed by atoms with van der Waals surface area (Å²) in [6.45, 7) is 0. The SMILES string of the molecule is CSc1ccc(C(=O)N=[N+]=[N-])cc1. The lowest BCUT2D eigenvalue weighted by Gasteiger charge is -1.96. The molecule has 1 aromatic rings. The van der Waals surface area contributed by atoms with Crippen LogP contribution in [-0.2, 0) is 0 Å². The maximum Gasteiger partial charge on any atom is 0.249 e. The van der Waals surface area contributed by atoms with Gasteiger partial charge in [0.25, 0.3) is 0 Å². The molecule has 13 heavy (non-hydrogen) atoms. The Morgan fingerprint density at radius 1 is 1.46 bits per heavy atom. The Morgan fingerprint density at radius 2 is 2.08 bits per heavy atom. The molecule has 0 aliphatic rings. The van der Waals surface area contributed by atoms with Crippen molar-refractivity contribution in [3.63, 3.8) is 0 Å². The molecule has 1 aromatic carbocycles. The summed E-state index contributed by atoms with van der Waals surface area (Å²) < 4.78 is 0.